The highest BCUT2D eigenvalue weighted by Crippen LogP contribution is 2.40. The lowest BCUT2D eigenvalue weighted by molar-refractivity contribution is -0.151. The zero-order chi connectivity index (χ0) is 26.3. The number of aromatic nitrogens is 3. The molecule has 0 aliphatic carbocycles. The number of benzene rings is 1. The molecule has 9 nitrogen and oxygen atoms in total. The van der Waals surface area contributed by atoms with Gasteiger partial charge in [-0.15, -0.1) is 0 Å². The predicted octanol–water partition coefficient (Wildman–Crippen LogP) is 4.93. The first-order chi connectivity index (χ1) is 16.9. The number of esters is 1. The number of anilines is 1. The van der Waals surface area contributed by atoms with Gasteiger partial charge in [0.1, 0.15) is 0 Å². The Kier molecular flexibility index (Phi) is 6.64. The third-order valence-corrected chi connectivity index (χ3v) is 6.01. The van der Waals surface area contributed by atoms with Crippen molar-refractivity contribution < 1.29 is 28.2 Å². The van der Waals surface area contributed by atoms with E-state index in [1.54, 1.807) is 42.9 Å². The van der Waals surface area contributed by atoms with Gasteiger partial charge in [0.2, 0.25) is 18.4 Å². The summed E-state index contributed by atoms with van der Waals surface area (Å²) in [4.78, 5) is 29.4. The number of methoxy groups -OCH3 is 1. The van der Waals surface area contributed by atoms with Crippen LogP contribution >= 0.6 is 0 Å². The molecule has 1 aromatic carbocycles. The second kappa shape index (κ2) is 9.40. The summed E-state index contributed by atoms with van der Waals surface area (Å²) in [5.74, 6) is -0.328. The molecule has 1 aliphatic rings. The molecule has 0 unspecified atom stereocenters. The number of carbonyl (C=O) groups is 2. The summed E-state index contributed by atoms with van der Waals surface area (Å²) in [5.41, 5.74) is 0.343. The molecule has 1 amide bonds. The van der Waals surface area contributed by atoms with Crippen molar-refractivity contribution >= 4 is 28.7 Å². The smallest absolute Gasteiger partial charge is 0.311 e. The Morgan fingerprint density at radius 2 is 1.94 bits per heavy atom. The highest BCUT2D eigenvalue weighted by Gasteiger charge is 2.29. The van der Waals surface area contributed by atoms with Crippen LogP contribution in [-0.2, 0) is 20.9 Å². The van der Waals surface area contributed by atoms with E-state index in [0.29, 0.717) is 53.1 Å². The van der Waals surface area contributed by atoms with E-state index in [0.717, 1.165) is 0 Å². The first-order valence-corrected chi connectivity index (χ1v) is 11.7. The SMILES string of the molecule is COC(=O)C(C)(C)CCn1nc(NC(=O)CC(C)(C)C)c2cc(-c3ccc4c(c3F)OCO4)cnc21. The molecule has 0 radical (unpaired) electrons. The Bertz CT molecular complexity index is 1330. The number of aryl methyl sites for hydroxylation is 1. The number of nitrogens with one attached hydrogen (secondary N) is 1. The van der Waals surface area contributed by atoms with Gasteiger partial charge >= 0.3 is 5.97 Å². The molecule has 10 heteroatoms. The van der Waals surface area contributed by atoms with Gasteiger partial charge < -0.3 is 19.5 Å². The Balaban J connectivity index is 1.74. The number of ether oxygens (including phenoxy) is 3. The fourth-order valence-corrected chi connectivity index (χ4v) is 4.04. The molecule has 1 aliphatic heterocycles. The second-order valence-electron chi connectivity index (χ2n) is 10.7. The maximum Gasteiger partial charge on any atom is 0.311 e. The summed E-state index contributed by atoms with van der Waals surface area (Å²) in [6, 6.07) is 4.99. The maximum atomic E-state index is 15.2. The van der Waals surface area contributed by atoms with E-state index in [1.165, 1.54) is 7.11 Å². The number of amides is 1. The van der Waals surface area contributed by atoms with Crippen LogP contribution in [0.5, 0.6) is 11.5 Å². The number of hydrogen-bond acceptors (Lipinski definition) is 7. The van der Waals surface area contributed by atoms with Gasteiger partial charge in [-0.1, -0.05) is 20.8 Å². The molecule has 0 bridgehead atoms. The Hall–Kier alpha value is -3.69. The van der Waals surface area contributed by atoms with Gasteiger partial charge in [0.15, 0.2) is 23.0 Å². The molecule has 0 atom stereocenters. The molecule has 3 aromatic rings. The molecule has 0 fully saturated rings. The van der Waals surface area contributed by atoms with Crippen molar-refractivity contribution in [3.05, 3.63) is 30.2 Å². The van der Waals surface area contributed by atoms with Gasteiger partial charge in [-0.25, -0.2) is 14.1 Å². The summed E-state index contributed by atoms with van der Waals surface area (Å²) < 4.78 is 32.2. The van der Waals surface area contributed by atoms with E-state index in [-0.39, 0.29) is 29.8 Å². The van der Waals surface area contributed by atoms with Crippen LogP contribution in [0.4, 0.5) is 10.2 Å². The summed E-state index contributed by atoms with van der Waals surface area (Å²) >= 11 is 0. The fraction of sp³-hybridized carbons (Fsp3) is 0.462. The molecule has 4 rings (SSSR count). The van der Waals surface area contributed by atoms with Crippen molar-refractivity contribution in [1.82, 2.24) is 14.8 Å². The normalized spacial score (nSPS) is 13.2. The van der Waals surface area contributed by atoms with E-state index in [4.69, 9.17) is 14.2 Å². The number of hydrogen-bond donors (Lipinski definition) is 1. The Morgan fingerprint density at radius 1 is 1.19 bits per heavy atom. The van der Waals surface area contributed by atoms with Crippen LogP contribution in [0.1, 0.15) is 47.5 Å². The number of rotatable bonds is 7. The molecule has 1 N–H and O–H groups in total. The standard InChI is InChI=1S/C26H31FN4O5/c1-25(2,3)12-19(32)29-22-17-11-15(16-7-8-18-21(20(16)27)36-14-35-18)13-28-23(17)31(30-22)10-9-26(4,5)24(33)34-6/h7-8,11,13H,9-10,12,14H2,1-6H3,(H,29,30,32). The van der Waals surface area contributed by atoms with Gasteiger partial charge in [0, 0.05) is 30.3 Å². The second-order valence-corrected chi connectivity index (χ2v) is 10.7. The van der Waals surface area contributed by atoms with Crippen LogP contribution in [0.2, 0.25) is 0 Å². The van der Waals surface area contributed by atoms with Crippen LogP contribution in [-0.4, -0.2) is 40.5 Å². The molecule has 3 heterocycles. The van der Waals surface area contributed by atoms with Crippen LogP contribution in [0.25, 0.3) is 22.2 Å². The zero-order valence-electron chi connectivity index (χ0n) is 21.4. The van der Waals surface area contributed by atoms with Gasteiger partial charge in [-0.2, -0.15) is 5.10 Å². The highest BCUT2D eigenvalue weighted by atomic mass is 19.1. The average molecular weight is 499 g/mol. The van der Waals surface area contributed by atoms with Gasteiger partial charge in [-0.3, -0.25) is 9.59 Å². The third-order valence-electron chi connectivity index (χ3n) is 6.01. The predicted molar refractivity (Wildman–Crippen MR) is 132 cm³/mol. The molecule has 192 valence electrons. The number of halogens is 1. The van der Waals surface area contributed by atoms with Gasteiger partial charge in [0.25, 0.3) is 0 Å². The summed E-state index contributed by atoms with van der Waals surface area (Å²) in [6.45, 7) is 9.83. The lowest BCUT2D eigenvalue weighted by Gasteiger charge is -2.21. The largest absolute Gasteiger partial charge is 0.469 e. The van der Waals surface area contributed by atoms with Crippen LogP contribution in [0.15, 0.2) is 24.4 Å². The molecule has 0 saturated carbocycles. The van der Waals surface area contributed by atoms with E-state index in [1.807, 2.05) is 20.8 Å². The number of nitrogens with zero attached hydrogens (tertiary/aromatic N) is 3. The number of carbonyl (C=O) groups excluding carboxylic acids is 2. The van der Waals surface area contributed by atoms with Gasteiger partial charge in [0.05, 0.1) is 17.9 Å². The first-order valence-electron chi connectivity index (χ1n) is 11.7. The zero-order valence-corrected chi connectivity index (χ0v) is 21.4. The minimum Gasteiger partial charge on any atom is -0.469 e. The Morgan fingerprint density at radius 3 is 2.64 bits per heavy atom. The number of pyridine rings is 1. The summed E-state index contributed by atoms with van der Waals surface area (Å²) in [6.07, 6.45) is 2.28. The molecule has 2 aromatic heterocycles. The van der Waals surface area contributed by atoms with Crippen molar-refractivity contribution in [1.29, 1.82) is 0 Å². The quantitative estimate of drug-likeness (QED) is 0.461. The van der Waals surface area contributed by atoms with Crippen molar-refractivity contribution in [2.24, 2.45) is 10.8 Å². The van der Waals surface area contributed by atoms with Crippen LogP contribution in [0, 0.1) is 16.6 Å². The van der Waals surface area contributed by atoms with Crippen molar-refractivity contribution in [2.75, 3.05) is 19.2 Å². The van der Waals surface area contributed by atoms with E-state index in [2.05, 4.69) is 15.4 Å². The average Bonchev–Trinajstić information content (AvgIpc) is 3.41. The molecular weight excluding hydrogens is 467 g/mol. The van der Waals surface area contributed by atoms with Crippen LogP contribution in [0.3, 0.4) is 0 Å². The fourth-order valence-electron chi connectivity index (χ4n) is 4.04. The Labute approximate surface area is 208 Å². The van der Waals surface area contributed by atoms with Crippen molar-refractivity contribution in [2.45, 2.75) is 54.0 Å². The topological polar surface area (TPSA) is 105 Å². The lowest BCUT2D eigenvalue weighted by Crippen LogP contribution is -2.27. The maximum absolute atomic E-state index is 15.2. The van der Waals surface area contributed by atoms with Crippen molar-refractivity contribution in [3.63, 3.8) is 0 Å². The monoisotopic (exact) mass is 498 g/mol. The third kappa shape index (κ3) is 5.12. The van der Waals surface area contributed by atoms with E-state index in [9.17, 15) is 9.59 Å². The minimum absolute atomic E-state index is 0.0361. The molecular formula is C26H31FN4O5. The lowest BCUT2D eigenvalue weighted by atomic mass is 9.89. The first kappa shape index (κ1) is 25.4. The van der Waals surface area contributed by atoms with E-state index >= 15 is 4.39 Å². The summed E-state index contributed by atoms with van der Waals surface area (Å²) in [7, 11) is 1.36. The number of fused-ring (bicyclic) bond motifs is 2. The van der Waals surface area contributed by atoms with Gasteiger partial charge in [-0.05, 0) is 43.9 Å². The summed E-state index contributed by atoms with van der Waals surface area (Å²) in [5, 5.41) is 8.04. The molecule has 0 spiro atoms. The van der Waals surface area contributed by atoms with Crippen LogP contribution < -0.4 is 14.8 Å². The molecule has 36 heavy (non-hydrogen) atoms. The van der Waals surface area contributed by atoms with Crippen molar-refractivity contribution in [3.8, 4) is 22.6 Å². The van der Waals surface area contributed by atoms with E-state index < -0.39 is 11.2 Å². The minimum atomic E-state index is -0.738. The highest BCUT2D eigenvalue weighted by molar-refractivity contribution is 6.00. The molecule has 0 saturated heterocycles.